The minimum atomic E-state index is -0.150. The summed E-state index contributed by atoms with van der Waals surface area (Å²) in [6.07, 6.45) is 0.271. The van der Waals surface area contributed by atoms with E-state index in [1.807, 2.05) is 49.6 Å². The SMILES string of the molecule is Cc1cccc(C(=O)NCCC(=O)NC(C)c2cccs2)c1. The number of aryl methyl sites for hydroxylation is 1. The lowest BCUT2D eigenvalue weighted by Gasteiger charge is -2.12. The number of carbonyl (C=O) groups excluding carboxylic acids is 2. The lowest BCUT2D eigenvalue weighted by molar-refractivity contribution is -0.121. The van der Waals surface area contributed by atoms with Crippen molar-refractivity contribution in [2.75, 3.05) is 6.54 Å². The van der Waals surface area contributed by atoms with Gasteiger partial charge in [0.25, 0.3) is 5.91 Å². The van der Waals surface area contributed by atoms with E-state index in [0.29, 0.717) is 12.1 Å². The highest BCUT2D eigenvalue weighted by molar-refractivity contribution is 7.10. The van der Waals surface area contributed by atoms with Crippen molar-refractivity contribution in [3.63, 3.8) is 0 Å². The van der Waals surface area contributed by atoms with Crippen molar-refractivity contribution >= 4 is 23.2 Å². The molecular weight excluding hydrogens is 296 g/mol. The molecule has 1 aromatic carbocycles. The lowest BCUT2D eigenvalue weighted by atomic mass is 10.1. The van der Waals surface area contributed by atoms with Crippen molar-refractivity contribution in [1.82, 2.24) is 10.6 Å². The van der Waals surface area contributed by atoms with Crippen LogP contribution in [0, 0.1) is 6.92 Å². The third-order valence-electron chi connectivity index (χ3n) is 3.27. The van der Waals surface area contributed by atoms with E-state index in [0.717, 1.165) is 10.4 Å². The molecule has 0 saturated heterocycles. The number of carbonyl (C=O) groups is 2. The van der Waals surface area contributed by atoms with Gasteiger partial charge in [0.05, 0.1) is 6.04 Å². The van der Waals surface area contributed by atoms with Crippen LogP contribution in [0.15, 0.2) is 41.8 Å². The van der Waals surface area contributed by atoms with Gasteiger partial charge in [-0.3, -0.25) is 9.59 Å². The van der Waals surface area contributed by atoms with Gasteiger partial charge in [0, 0.05) is 23.4 Å². The average molecular weight is 316 g/mol. The first-order valence-corrected chi connectivity index (χ1v) is 8.12. The van der Waals surface area contributed by atoms with Crippen LogP contribution < -0.4 is 10.6 Å². The molecule has 0 aliphatic heterocycles. The summed E-state index contributed by atoms with van der Waals surface area (Å²) in [6, 6.07) is 11.3. The maximum atomic E-state index is 11.9. The summed E-state index contributed by atoms with van der Waals surface area (Å²) in [6.45, 7) is 4.22. The van der Waals surface area contributed by atoms with Crippen molar-refractivity contribution in [3.05, 3.63) is 57.8 Å². The first-order chi connectivity index (χ1) is 10.6. The highest BCUT2D eigenvalue weighted by Crippen LogP contribution is 2.17. The topological polar surface area (TPSA) is 58.2 Å². The quantitative estimate of drug-likeness (QED) is 0.860. The molecule has 5 heteroatoms. The molecule has 116 valence electrons. The van der Waals surface area contributed by atoms with Gasteiger partial charge < -0.3 is 10.6 Å². The Bertz CT molecular complexity index is 638. The van der Waals surface area contributed by atoms with Crippen LogP contribution in [0.5, 0.6) is 0 Å². The number of hydrogen-bond donors (Lipinski definition) is 2. The third-order valence-corrected chi connectivity index (χ3v) is 4.32. The van der Waals surface area contributed by atoms with Crippen LogP contribution in [0.25, 0.3) is 0 Å². The van der Waals surface area contributed by atoms with Gasteiger partial charge in [-0.1, -0.05) is 23.8 Å². The van der Waals surface area contributed by atoms with Crippen molar-refractivity contribution in [1.29, 1.82) is 0 Å². The number of hydrogen-bond acceptors (Lipinski definition) is 3. The first-order valence-electron chi connectivity index (χ1n) is 7.24. The van der Waals surface area contributed by atoms with Crippen LogP contribution in [0.3, 0.4) is 0 Å². The van der Waals surface area contributed by atoms with Crippen molar-refractivity contribution in [3.8, 4) is 0 Å². The Hall–Kier alpha value is -2.14. The van der Waals surface area contributed by atoms with E-state index in [-0.39, 0.29) is 24.3 Å². The van der Waals surface area contributed by atoms with Gasteiger partial charge in [-0.2, -0.15) is 0 Å². The minimum absolute atomic E-state index is 0.0000237. The Labute approximate surface area is 134 Å². The summed E-state index contributed by atoms with van der Waals surface area (Å²) in [5.74, 6) is -0.215. The Kier molecular flexibility index (Phi) is 5.72. The van der Waals surface area contributed by atoms with Crippen molar-refractivity contribution in [2.24, 2.45) is 0 Å². The van der Waals surface area contributed by atoms with E-state index in [4.69, 9.17) is 0 Å². The fourth-order valence-electron chi connectivity index (χ4n) is 2.10. The normalized spacial score (nSPS) is 11.7. The van der Waals surface area contributed by atoms with E-state index in [9.17, 15) is 9.59 Å². The molecule has 2 rings (SSSR count). The molecular formula is C17H20N2O2S. The zero-order valence-corrected chi connectivity index (χ0v) is 13.6. The second-order valence-electron chi connectivity index (χ2n) is 5.18. The van der Waals surface area contributed by atoms with Gasteiger partial charge in [-0.15, -0.1) is 11.3 Å². The van der Waals surface area contributed by atoms with Crippen LogP contribution >= 0.6 is 11.3 Å². The number of benzene rings is 1. The Morgan fingerprint density at radius 2 is 2.05 bits per heavy atom. The number of rotatable bonds is 6. The standard InChI is InChI=1S/C17H20N2O2S/c1-12-5-3-6-14(11-12)17(21)18-9-8-16(20)19-13(2)15-7-4-10-22-15/h3-7,10-11,13H,8-9H2,1-2H3,(H,18,21)(H,19,20). The molecule has 4 nitrogen and oxygen atoms in total. The lowest BCUT2D eigenvalue weighted by Crippen LogP contribution is -2.31. The van der Waals surface area contributed by atoms with Gasteiger partial charge in [0.2, 0.25) is 5.91 Å². The molecule has 22 heavy (non-hydrogen) atoms. The van der Waals surface area contributed by atoms with E-state index in [1.54, 1.807) is 17.4 Å². The highest BCUT2D eigenvalue weighted by atomic mass is 32.1. The molecule has 2 N–H and O–H groups in total. The molecule has 0 fully saturated rings. The predicted octanol–water partition coefficient (Wildman–Crippen LogP) is 3.05. The summed E-state index contributed by atoms with van der Waals surface area (Å²) in [4.78, 5) is 24.9. The molecule has 1 unspecified atom stereocenters. The molecule has 1 atom stereocenters. The molecule has 1 heterocycles. The van der Waals surface area contributed by atoms with E-state index in [1.165, 1.54) is 0 Å². The number of nitrogens with one attached hydrogen (secondary N) is 2. The van der Waals surface area contributed by atoms with Crippen LogP contribution in [0.2, 0.25) is 0 Å². The monoisotopic (exact) mass is 316 g/mol. The Balaban J connectivity index is 1.74. The molecule has 2 aromatic rings. The largest absolute Gasteiger partial charge is 0.352 e. The highest BCUT2D eigenvalue weighted by Gasteiger charge is 2.11. The maximum Gasteiger partial charge on any atom is 0.251 e. The molecule has 0 saturated carbocycles. The van der Waals surface area contributed by atoms with Gasteiger partial charge in [-0.05, 0) is 37.4 Å². The van der Waals surface area contributed by atoms with Crippen LogP contribution in [0.1, 0.15) is 40.2 Å². The zero-order valence-electron chi connectivity index (χ0n) is 12.8. The zero-order chi connectivity index (χ0) is 15.9. The maximum absolute atomic E-state index is 11.9. The van der Waals surface area contributed by atoms with Gasteiger partial charge >= 0.3 is 0 Å². The van der Waals surface area contributed by atoms with Gasteiger partial charge in [-0.25, -0.2) is 0 Å². The van der Waals surface area contributed by atoms with Crippen LogP contribution in [-0.4, -0.2) is 18.4 Å². The van der Waals surface area contributed by atoms with Gasteiger partial charge in [0.15, 0.2) is 0 Å². The molecule has 0 aliphatic rings. The Morgan fingerprint density at radius 1 is 1.23 bits per heavy atom. The number of thiophene rings is 1. The molecule has 0 bridgehead atoms. The predicted molar refractivity (Wildman–Crippen MR) is 89.0 cm³/mol. The first kappa shape index (κ1) is 16.2. The van der Waals surface area contributed by atoms with Crippen molar-refractivity contribution < 1.29 is 9.59 Å². The molecule has 0 spiro atoms. The second kappa shape index (κ2) is 7.75. The van der Waals surface area contributed by atoms with Crippen molar-refractivity contribution in [2.45, 2.75) is 26.3 Å². The fraction of sp³-hybridized carbons (Fsp3) is 0.294. The molecule has 1 aromatic heterocycles. The summed E-state index contributed by atoms with van der Waals surface area (Å²) in [5.41, 5.74) is 1.66. The third kappa shape index (κ3) is 4.70. The smallest absolute Gasteiger partial charge is 0.251 e. The number of amides is 2. The summed E-state index contributed by atoms with van der Waals surface area (Å²) in [5, 5.41) is 7.68. The minimum Gasteiger partial charge on any atom is -0.352 e. The summed E-state index contributed by atoms with van der Waals surface area (Å²) in [7, 11) is 0. The molecule has 0 radical (unpaired) electrons. The van der Waals surface area contributed by atoms with E-state index in [2.05, 4.69) is 10.6 Å². The Morgan fingerprint density at radius 3 is 2.73 bits per heavy atom. The second-order valence-corrected chi connectivity index (χ2v) is 6.16. The van der Waals surface area contributed by atoms with E-state index >= 15 is 0 Å². The fourth-order valence-corrected chi connectivity index (χ4v) is 2.83. The summed E-state index contributed by atoms with van der Waals surface area (Å²) >= 11 is 1.62. The van der Waals surface area contributed by atoms with E-state index < -0.39 is 0 Å². The molecule has 0 aliphatic carbocycles. The van der Waals surface area contributed by atoms with Crippen LogP contribution in [0.4, 0.5) is 0 Å². The van der Waals surface area contributed by atoms with Crippen LogP contribution in [-0.2, 0) is 4.79 Å². The molecule has 2 amide bonds. The average Bonchev–Trinajstić information content (AvgIpc) is 3.01. The summed E-state index contributed by atoms with van der Waals surface area (Å²) < 4.78 is 0. The van der Waals surface area contributed by atoms with Gasteiger partial charge in [0.1, 0.15) is 0 Å².